The van der Waals surface area contributed by atoms with Crippen LogP contribution in [0.4, 0.5) is 0 Å². The molecule has 5 rings (SSSR count). The molecule has 146 valence electrons. The van der Waals surface area contributed by atoms with Gasteiger partial charge < -0.3 is 18.6 Å². The van der Waals surface area contributed by atoms with Crippen molar-refractivity contribution in [3.8, 4) is 17.3 Å². The van der Waals surface area contributed by atoms with E-state index in [1.807, 2.05) is 30.6 Å². The number of hydrogen-bond acceptors (Lipinski definition) is 6. The molecule has 1 aliphatic heterocycles. The van der Waals surface area contributed by atoms with E-state index in [1.54, 1.807) is 7.11 Å². The monoisotopic (exact) mass is 380 g/mol. The molecule has 1 aliphatic carbocycles. The van der Waals surface area contributed by atoms with Gasteiger partial charge in [0.1, 0.15) is 11.9 Å². The van der Waals surface area contributed by atoms with Crippen LogP contribution in [0.2, 0.25) is 0 Å². The summed E-state index contributed by atoms with van der Waals surface area (Å²) in [7, 11) is 1.67. The normalized spacial score (nSPS) is 20.1. The third kappa shape index (κ3) is 3.20. The Balaban J connectivity index is 1.35. The minimum Gasteiger partial charge on any atom is -0.497 e. The lowest BCUT2D eigenvalue weighted by atomic mass is 9.89. The van der Waals surface area contributed by atoms with Crippen LogP contribution in [-0.2, 0) is 17.9 Å². The Morgan fingerprint density at radius 3 is 2.71 bits per heavy atom. The van der Waals surface area contributed by atoms with Crippen LogP contribution in [0.25, 0.3) is 11.6 Å². The summed E-state index contributed by atoms with van der Waals surface area (Å²) in [4.78, 5) is 9.21. The fraction of sp³-hybridized carbons (Fsp3) is 0.476. The molecule has 0 unspecified atom stereocenters. The molecule has 3 heterocycles. The zero-order chi connectivity index (χ0) is 18.9. The van der Waals surface area contributed by atoms with E-state index in [2.05, 4.69) is 19.7 Å². The van der Waals surface area contributed by atoms with E-state index in [1.165, 1.54) is 19.3 Å². The molecule has 2 aliphatic rings. The van der Waals surface area contributed by atoms with E-state index < -0.39 is 0 Å². The third-order valence-corrected chi connectivity index (χ3v) is 5.83. The van der Waals surface area contributed by atoms with Crippen LogP contribution < -0.4 is 4.74 Å². The van der Waals surface area contributed by atoms with Gasteiger partial charge in [-0.05, 0) is 30.5 Å². The molecule has 1 atom stereocenters. The Labute approximate surface area is 163 Å². The van der Waals surface area contributed by atoms with E-state index in [0.717, 1.165) is 41.4 Å². The van der Waals surface area contributed by atoms with E-state index in [4.69, 9.17) is 14.0 Å². The summed E-state index contributed by atoms with van der Waals surface area (Å²) >= 11 is 0. The lowest BCUT2D eigenvalue weighted by molar-refractivity contribution is 0.00328. The highest BCUT2D eigenvalue weighted by Gasteiger charge is 2.28. The van der Waals surface area contributed by atoms with Crippen molar-refractivity contribution in [3.05, 3.63) is 47.7 Å². The van der Waals surface area contributed by atoms with Gasteiger partial charge in [-0.25, -0.2) is 4.98 Å². The Morgan fingerprint density at radius 1 is 1.11 bits per heavy atom. The van der Waals surface area contributed by atoms with Gasteiger partial charge in [-0.15, -0.1) is 0 Å². The fourth-order valence-electron chi connectivity index (χ4n) is 4.18. The molecule has 0 radical (unpaired) electrons. The lowest BCUT2D eigenvalue weighted by Gasteiger charge is -2.25. The first kappa shape index (κ1) is 17.4. The summed E-state index contributed by atoms with van der Waals surface area (Å²) in [5, 5.41) is 4.24. The molecular formula is C21H24N4O3. The van der Waals surface area contributed by atoms with Gasteiger partial charge >= 0.3 is 0 Å². The minimum absolute atomic E-state index is 0.0130. The Morgan fingerprint density at radius 2 is 1.93 bits per heavy atom. The number of ether oxygens (including phenoxy) is 2. The summed E-state index contributed by atoms with van der Waals surface area (Å²) in [6.45, 7) is 1.17. The molecule has 0 saturated heterocycles. The first-order valence-electron chi connectivity index (χ1n) is 9.95. The van der Waals surface area contributed by atoms with Crippen LogP contribution in [0.3, 0.4) is 0 Å². The van der Waals surface area contributed by atoms with Gasteiger partial charge in [0, 0.05) is 5.92 Å². The van der Waals surface area contributed by atoms with Crippen molar-refractivity contribution in [2.75, 3.05) is 7.11 Å². The van der Waals surface area contributed by atoms with Crippen molar-refractivity contribution < 1.29 is 14.0 Å². The molecule has 1 aromatic carbocycles. The molecule has 28 heavy (non-hydrogen) atoms. The molecule has 0 spiro atoms. The summed E-state index contributed by atoms with van der Waals surface area (Å²) < 4.78 is 19.0. The van der Waals surface area contributed by atoms with Gasteiger partial charge in [-0.1, -0.05) is 36.6 Å². The maximum Gasteiger partial charge on any atom is 0.278 e. The smallest absolute Gasteiger partial charge is 0.278 e. The van der Waals surface area contributed by atoms with Crippen LogP contribution in [0.15, 0.2) is 35.1 Å². The highest BCUT2D eigenvalue weighted by atomic mass is 16.5. The maximum atomic E-state index is 6.12. The molecule has 1 fully saturated rings. The maximum absolute atomic E-state index is 6.12. The second-order valence-corrected chi connectivity index (χ2v) is 7.56. The molecule has 2 aromatic heterocycles. The highest BCUT2D eigenvalue weighted by Crippen LogP contribution is 2.34. The van der Waals surface area contributed by atoms with E-state index >= 15 is 0 Å². The van der Waals surface area contributed by atoms with Crippen molar-refractivity contribution in [3.63, 3.8) is 0 Å². The standard InChI is InChI=1S/C21H24N4O3/c1-26-16-9-7-14(8-10-16)18-11-25-13-22-19(17(25)12-27-18)21-23-20(24-28-21)15-5-3-2-4-6-15/h7-10,13,15,18H,2-6,11-12H2,1H3/t18-/m1/s1. The number of nitrogens with zero attached hydrogens (tertiary/aromatic N) is 4. The van der Waals surface area contributed by atoms with E-state index in [9.17, 15) is 0 Å². The van der Waals surface area contributed by atoms with Crippen molar-refractivity contribution in [1.29, 1.82) is 0 Å². The predicted octanol–water partition coefficient (Wildman–Crippen LogP) is 4.26. The van der Waals surface area contributed by atoms with Gasteiger partial charge in [0.05, 0.1) is 32.3 Å². The number of benzene rings is 1. The minimum atomic E-state index is -0.0130. The molecule has 3 aromatic rings. The summed E-state index contributed by atoms with van der Waals surface area (Å²) in [6.07, 6.45) is 7.92. The molecule has 1 saturated carbocycles. The van der Waals surface area contributed by atoms with Crippen molar-refractivity contribution >= 4 is 0 Å². The Bertz CT molecular complexity index is 941. The van der Waals surface area contributed by atoms with Gasteiger partial charge in [0.2, 0.25) is 0 Å². The number of rotatable bonds is 4. The Kier molecular flexibility index (Phi) is 4.60. The second kappa shape index (κ2) is 7.39. The average Bonchev–Trinajstić information content (AvgIpc) is 3.41. The molecule has 0 N–H and O–H groups in total. The molecular weight excluding hydrogens is 356 g/mol. The molecule has 0 bridgehead atoms. The third-order valence-electron chi connectivity index (χ3n) is 5.83. The van der Waals surface area contributed by atoms with Crippen molar-refractivity contribution in [1.82, 2.24) is 19.7 Å². The van der Waals surface area contributed by atoms with Crippen LogP contribution in [0.5, 0.6) is 5.75 Å². The van der Waals surface area contributed by atoms with Crippen molar-refractivity contribution in [2.45, 2.75) is 57.3 Å². The number of imidazole rings is 1. The first-order valence-corrected chi connectivity index (χ1v) is 9.95. The average molecular weight is 380 g/mol. The molecule has 7 nitrogen and oxygen atoms in total. The summed E-state index contributed by atoms with van der Waals surface area (Å²) in [5.41, 5.74) is 2.85. The SMILES string of the molecule is COc1ccc([C@H]2Cn3cnc(-c4nc(C5CCCCC5)no4)c3CO2)cc1. The largest absolute Gasteiger partial charge is 0.497 e. The first-order chi connectivity index (χ1) is 13.8. The topological polar surface area (TPSA) is 75.2 Å². The number of aromatic nitrogens is 4. The predicted molar refractivity (Wildman–Crippen MR) is 102 cm³/mol. The zero-order valence-corrected chi connectivity index (χ0v) is 16.0. The van der Waals surface area contributed by atoms with Gasteiger partial charge in [0.25, 0.3) is 5.89 Å². The number of hydrogen-bond donors (Lipinski definition) is 0. The van der Waals surface area contributed by atoms with Gasteiger partial charge in [-0.3, -0.25) is 0 Å². The lowest BCUT2D eigenvalue weighted by Crippen LogP contribution is -2.20. The fourth-order valence-corrected chi connectivity index (χ4v) is 4.18. The van der Waals surface area contributed by atoms with E-state index in [-0.39, 0.29) is 6.10 Å². The zero-order valence-electron chi connectivity index (χ0n) is 16.0. The summed E-state index contributed by atoms with van der Waals surface area (Å²) in [6, 6.07) is 8.00. The molecule has 7 heteroatoms. The Hall–Kier alpha value is -2.67. The quantitative estimate of drug-likeness (QED) is 0.673. The number of methoxy groups -OCH3 is 1. The highest BCUT2D eigenvalue weighted by molar-refractivity contribution is 5.51. The van der Waals surface area contributed by atoms with Gasteiger partial charge in [0.15, 0.2) is 11.5 Å². The molecule has 0 amide bonds. The van der Waals surface area contributed by atoms with Gasteiger partial charge in [-0.2, -0.15) is 4.98 Å². The van der Waals surface area contributed by atoms with E-state index in [0.29, 0.717) is 25.0 Å². The number of fused-ring (bicyclic) bond motifs is 1. The second-order valence-electron chi connectivity index (χ2n) is 7.56. The summed E-state index contributed by atoms with van der Waals surface area (Å²) in [5.74, 6) is 2.58. The van der Waals surface area contributed by atoms with Crippen molar-refractivity contribution in [2.24, 2.45) is 0 Å². The van der Waals surface area contributed by atoms with Crippen LogP contribution >= 0.6 is 0 Å². The van der Waals surface area contributed by atoms with Crippen LogP contribution in [0.1, 0.15) is 61.2 Å². The van der Waals surface area contributed by atoms with Crippen LogP contribution in [0, 0.1) is 0 Å². The van der Waals surface area contributed by atoms with Crippen LogP contribution in [-0.4, -0.2) is 26.8 Å².